The van der Waals surface area contributed by atoms with Crippen LogP contribution in [0.3, 0.4) is 0 Å². The fourth-order valence-electron chi connectivity index (χ4n) is 4.14. The van der Waals surface area contributed by atoms with Crippen molar-refractivity contribution >= 4 is 62.3 Å². The minimum Gasteiger partial charge on any atom is -0.355 e. The summed E-state index contributed by atoms with van der Waals surface area (Å²) in [5, 5.41) is 3.81. The Morgan fingerprint density at radius 1 is 0.923 bits per heavy atom. The van der Waals surface area contributed by atoms with Crippen molar-refractivity contribution < 1.29 is 18.0 Å². The molecule has 0 radical (unpaired) electrons. The van der Waals surface area contributed by atoms with E-state index in [0.717, 1.165) is 4.31 Å². The normalized spacial score (nSPS) is 12.1. The van der Waals surface area contributed by atoms with E-state index in [0.29, 0.717) is 44.8 Å². The lowest BCUT2D eigenvalue weighted by atomic mass is 10.1. The SMILES string of the molecule is CCNC(=O)C(CC)N(Cc1ccc(Cl)c(Cl)c1)C(=O)CN(c1ccccc1C)S(=O)(=O)c1ccc(Cl)cc1. The average molecular weight is 611 g/mol. The summed E-state index contributed by atoms with van der Waals surface area (Å²) in [7, 11) is -4.18. The van der Waals surface area contributed by atoms with E-state index in [-0.39, 0.29) is 17.3 Å². The van der Waals surface area contributed by atoms with Crippen molar-refractivity contribution in [2.24, 2.45) is 0 Å². The zero-order valence-corrected chi connectivity index (χ0v) is 24.9. The van der Waals surface area contributed by atoms with E-state index in [9.17, 15) is 18.0 Å². The van der Waals surface area contributed by atoms with Gasteiger partial charge in [-0.15, -0.1) is 0 Å². The molecular weight excluding hydrogens is 581 g/mol. The molecule has 0 aliphatic carbocycles. The van der Waals surface area contributed by atoms with Crippen LogP contribution in [0.5, 0.6) is 0 Å². The minimum atomic E-state index is -4.18. The van der Waals surface area contributed by atoms with Crippen molar-refractivity contribution in [1.29, 1.82) is 0 Å². The number of carbonyl (C=O) groups excluding carboxylic acids is 2. The van der Waals surface area contributed by atoms with Crippen LogP contribution < -0.4 is 9.62 Å². The molecule has 3 aromatic carbocycles. The number of rotatable bonds is 11. The van der Waals surface area contributed by atoms with Crippen LogP contribution in [0.25, 0.3) is 0 Å². The zero-order valence-electron chi connectivity index (χ0n) is 21.8. The first-order valence-electron chi connectivity index (χ1n) is 12.3. The summed E-state index contributed by atoms with van der Waals surface area (Å²) < 4.78 is 28.8. The predicted molar refractivity (Wildman–Crippen MR) is 157 cm³/mol. The maximum absolute atomic E-state index is 14.0. The van der Waals surface area contributed by atoms with E-state index in [1.54, 1.807) is 63.2 Å². The number of halogens is 3. The van der Waals surface area contributed by atoms with Gasteiger partial charge < -0.3 is 10.2 Å². The number of sulfonamides is 1. The number of nitrogens with zero attached hydrogens (tertiary/aromatic N) is 2. The molecule has 0 saturated heterocycles. The van der Waals surface area contributed by atoms with Gasteiger partial charge in [0.2, 0.25) is 11.8 Å². The maximum atomic E-state index is 14.0. The van der Waals surface area contributed by atoms with E-state index in [4.69, 9.17) is 34.8 Å². The topological polar surface area (TPSA) is 86.8 Å². The Labute approximate surface area is 244 Å². The van der Waals surface area contributed by atoms with Gasteiger partial charge in [0.1, 0.15) is 12.6 Å². The number of para-hydroxylation sites is 1. The van der Waals surface area contributed by atoms with Crippen molar-refractivity contribution in [3.8, 4) is 0 Å². The number of likely N-dealkylation sites (N-methyl/N-ethyl adjacent to an activating group) is 1. The summed E-state index contributed by atoms with van der Waals surface area (Å²) in [6.07, 6.45) is 0.313. The molecule has 0 aromatic heterocycles. The van der Waals surface area contributed by atoms with Crippen LogP contribution in [-0.2, 0) is 26.2 Å². The second-order valence-corrected chi connectivity index (χ2v) is 12.0. The number of benzene rings is 3. The monoisotopic (exact) mass is 609 g/mol. The van der Waals surface area contributed by atoms with Gasteiger partial charge >= 0.3 is 0 Å². The molecule has 208 valence electrons. The van der Waals surface area contributed by atoms with E-state index in [1.165, 1.54) is 29.2 Å². The molecule has 7 nitrogen and oxygen atoms in total. The smallest absolute Gasteiger partial charge is 0.264 e. The van der Waals surface area contributed by atoms with Gasteiger partial charge in [-0.25, -0.2) is 8.42 Å². The van der Waals surface area contributed by atoms with Crippen LogP contribution in [0.2, 0.25) is 15.1 Å². The summed E-state index contributed by atoms with van der Waals surface area (Å²) in [6, 6.07) is 16.7. The Morgan fingerprint density at radius 3 is 2.18 bits per heavy atom. The van der Waals surface area contributed by atoms with Gasteiger partial charge in [-0.2, -0.15) is 0 Å². The first-order valence-corrected chi connectivity index (χ1v) is 14.9. The molecule has 0 aliphatic rings. The third-order valence-corrected chi connectivity index (χ3v) is 8.90. The second-order valence-electron chi connectivity index (χ2n) is 8.84. The lowest BCUT2D eigenvalue weighted by Crippen LogP contribution is -2.52. The number of hydrogen-bond donors (Lipinski definition) is 1. The molecule has 0 spiro atoms. The highest BCUT2D eigenvalue weighted by Gasteiger charge is 2.34. The van der Waals surface area contributed by atoms with Gasteiger partial charge in [-0.05, 0) is 73.9 Å². The van der Waals surface area contributed by atoms with Crippen molar-refractivity contribution in [2.75, 3.05) is 17.4 Å². The number of nitrogens with one attached hydrogen (secondary N) is 1. The molecule has 0 bridgehead atoms. The van der Waals surface area contributed by atoms with E-state index in [1.807, 2.05) is 0 Å². The molecule has 2 amide bonds. The molecule has 0 aliphatic heterocycles. The van der Waals surface area contributed by atoms with Crippen LogP contribution in [0, 0.1) is 6.92 Å². The largest absolute Gasteiger partial charge is 0.355 e. The van der Waals surface area contributed by atoms with Crippen molar-refractivity contribution in [2.45, 2.75) is 44.7 Å². The standard InChI is InChI=1S/C28H30Cl3N3O4S/c1-4-25(28(36)32-5-2)33(17-20-10-15-23(30)24(31)16-20)27(35)18-34(26-9-7-6-8-19(26)3)39(37,38)22-13-11-21(29)12-14-22/h6-16,25H,4-5,17-18H2,1-3H3,(H,32,36). The molecule has 1 atom stereocenters. The Morgan fingerprint density at radius 2 is 1.59 bits per heavy atom. The average Bonchev–Trinajstić information content (AvgIpc) is 2.90. The molecule has 39 heavy (non-hydrogen) atoms. The molecule has 3 aromatic rings. The molecule has 11 heteroatoms. The third-order valence-electron chi connectivity index (χ3n) is 6.14. The Hall–Kier alpha value is -2.78. The number of hydrogen-bond acceptors (Lipinski definition) is 4. The third kappa shape index (κ3) is 7.45. The highest BCUT2D eigenvalue weighted by atomic mass is 35.5. The van der Waals surface area contributed by atoms with Gasteiger partial charge in [-0.3, -0.25) is 13.9 Å². The van der Waals surface area contributed by atoms with Gasteiger partial charge in [-0.1, -0.05) is 66.0 Å². The lowest BCUT2D eigenvalue weighted by Gasteiger charge is -2.33. The molecule has 1 unspecified atom stereocenters. The number of aryl methyl sites for hydroxylation is 1. The summed E-state index contributed by atoms with van der Waals surface area (Å²) in [5.41, 5.74) is 1.65. The van der Waals surface area contributed by atoms with Crippen LogP contribution >= 0.6 is 34.8 Å². The molecule has 3 rings (SSSR count). The minimum absolute atomic E-state index is 0.0187. The summed E-state index contributed by atoms with van der Waals surface area (Å²) in [6.45, 7) is 5.21. The lowest BCUT2D eigenvalue weighted by molar-refractivity contribution is -0.140. The number of anilines is 1. The summed E-state index contributed by atoms with van der Waals surface area (Å²) in [5.74, 6) is -0.892. The van der Waals surface area contributed by atoms with Crippen LogP contribution in [0.15, 0.2) is 71.6 Å². The fourth-order valence-corrected chi connectivity index (χ4v) is 6.06. The van der Waals surface area contributed by atoms with Crippen LogP contribution in [-0.4, -0.2) is 44.3 Å². The zero-order chi connectivity index (χ0) is 28.7. The molecule has 0 saturated carbocycles. The Kier molecular flexibility index (Phi) is 10.7. The highest BCUT2D eigenvalue weighted by Crippen LogP contribution is 2.29. The molecule has 1 N–H and O–H groups in total. The van der Waals surface area contributed by atoms with E-state index in [2.05, 4.69) is 5.32 Å². The summed E-state index contributed by atoms with van der Waals surface area (Å²) >= 11 is 18.3. The molecule has 0 heterocycles. The van der Waals surface area contributed by atoms with Crippen LogP contribution in [0.1, 0.15) is 31.4 Å². The van der Waals surface area contributed by atoms with Crippen LogP contribution in [0.4, 0.5) is 5.69 Å². The fraction of sp³-hybridized carbons (Fsp3) is 0.286. The quantitative estimate of drug-likeness (QED) is 0.285. The van der Waals surface area contributed by atoms with Crippen molar-refractivity contribution in [1.82, 2.24) is 10.2 Å². The molecule has 0 fully saturated rings. The Bertz CT molecular complexity index is 1430. The number of carbonyl (C=O) groups is 2. The number of amides is 2. The first-order chi connectivity index (χ1) is 18.5. The molecular formula is C28H30Cl3N3O4S. The van der Waals surface area contributed by atoms with Gasteiger partial charge in [0.15, 0.2) is 0 Å². The van der Waals surface area contributed by atoms with Gasteiger partial charge in [0.05, 0.1) is 20.6 Å². The predicted octanol–water partition coefficient (Wildman–Crippen LogP) is 6.09. The van der Waals surface area contributed by atoms with E-state index < -0.39 is 28.5 Å². The maximum Gasteiger partial charge on any atom is 0.264 e. The first kappa shape index (κ1) is 30.8. The van der Waals surface area contributed by atoms with Gasteiger partial charge in [0, 0.05) is 18.1 Å². The van der Waals surface area contributed by atoms with E-state index >= 15 is 0 Å². The van der Waals surface area contributed by atoms with Crippen molar-refractivity contribution in [3.63, 3.8) is 0 Å². The second kappa shape index (κ2) is 13.5. The summed E-state index contributed by atoms with van der Waals surface area (Å²) in [4.78, 5) is 28.4. The van der Waals surface area contributed by atoms with Crippen molar-refractivity contribution in [3.05, 3.63) is 92.9 Å². The van der Waals surface area contributed by atoms with Gasteiger partial charge in [0.25, 0.3) is 10.0 Å². The highest BCUT2D eigenvalue weighted by molar-refractivity contribution is 7.92. The Balaban J connectivity index is 2.08.